The number of hydrogen-bond acceptors (Lipinski definition) is 6. The third kappa shape index (κ3) is 5.33. The van der Waals surface area contributed by atoms with E-state index in [-0.39, 0.29) is 17.9 Å². The van der Waals surface area contributed by atoms with Gasteiger partial charge in [-0.05, 0) is 41.8 Å². The maximum atomic E-state index is 13.3. The molecule has 180 valence electrons. The van der Waals surface area contributed by atoms with Crippen LogP contribution in [0.15, 0.2) is 66.3 Å². The largest absolute Gasteiger partial charge is 0.349 e. The Balaban J connectivity index is 1.28. The number of aromatic nitrogens is 4. The molecule has 7 nitrogen and oxygen atoms in total. The average Bonchev–Trinajstić information content (AvgIpc) is 3.57. The summed E-state index contributed by atoms with van der Waals surface area (Å²) in [4.78, 5) is 26.0. The standard InChI is InChI=1S/C27H30N6OS/c1-19(2)25-22(17-29-33(25)27-28-13-10-23(31-27)24-9-6-16-35-24)26(34)30-21-11-14-32(15-12-21)18-20-7-4-3-5-8-20/h3-10,13,16-17,19,21H,11-12,14-15,18H2,1-2H3,(H,30,34). The molecule has 0 bridgehead atoms. The van der Waals surface area contributed by atoms with Gasteiger partial charge in [0.05, 0.1) is 28.0 Å². The fraction of sp³-hybridized carbons (Fsp3) is 0.333. The monoisotopic (exact) mass is 486 g/mol. The van der Waals surface area contributed by atoms with Crippen LogP contribution < -0.4 is 5.32 Å². The minimum atomic E-state index is -0.0733. The van der Waals surface area contributed by atoms with Crippen LogP contribution in [-0.4, -0.2) is 49.7 Å². The molecular weight excluding hydrogens is 456 g/mol. The first-order valence-corrected chi connectivity index (χ1v) is 13.0. The van der Waals surface area contributed by atoms with Crippen LogP contribution in [0.5, 0.6) is 0 Å². The minimum absolute atomic E-state index is 0.0733. The molecule has 0 atom stereocenters. The van der Waals surface area contributed by atoms with E-state index in [0.717, 1.165) is 48.7 Å². The van der Waals surface area contributed by atoms with Gasteiger partial charge in [-0.3, -0.25) is 9.69 Å². The van der Waals surface area contributed by atoms with E-state index in [1.165, 1.54) is 5.56 Å². The number of thiophene rings is 1. The van der Waals surface area contributed by atoms with E-state index in [9.17, 15) is 4.79 Å². The molecule has 0 saturated carbocycles. The zero-order valence-corrected chi connectivity index (χ0v) is 20.9. The molecule has 8 heteroatoms. The number of nitrogens with one attached hydrogen (secondary N) is 1. The quantitative estimate of drug-likeness (QED) is 0.402. The van der Waals surface area contributed by atoms with Crippen molar-refractivity contribution in [2.45, 2.75) is 45.2 Å². The van der Waals surface area contributed by atoms with Gasteiger partial charge in [-0.15, -0.1) is 11.3 Å². The SMILES string of the molecule is CC(C)c1c(C(=O)NC2CCN(Cc3ccccc3)CC2)cnn1-c1nccc(-c2cccs2)n1. The first kappa shape index (κ1) is 23.4. The molecule has 0 unspecified atom stereocenters. The fourth-order valence-corrected chi connectivity index (χ4v) is 5.30. The van der Waals surface area contributed by atoms with Crippen molar-refractivity contribution in [1.29, 1.82) is 0 Å². The van der Waals surface area contributed by atoms with E-state index in [1.54, 1.807) is 28.4 Å². The second-order valence-corrected chi connectivity index (χ2v) is 10.2. The molecule has 5 rings (SSSR count). The zero-order chi connectivity index (χ0) is 24.2. The zero-order valence-electron chi connectivity index (χ0n) is 20.1. The number of amides is 1. The molecule has 0 radical (unpaired) electrons. The molecule has 1 aliphatic rings. The molecule has 1 saturated heterocycles. The van der Waals surface area contributed by atoms with Gasteiger partial charge in [0, 0.05) is 31.9 Å². The molecule has 4 aromatic rings. The summed E-state index contributed by atoms with van der Waals surface area (Å²) in [6.45, 7) is 7.03. The Labute approximate surface area is 209 Å². The van der Waals surface area contributed by atoms with Gasteiger partial charge in [-0.25, -0.2) is 14.6 Å². The molecule has 1 aliphatic heterocycles. The Bertz CT molecular complexity index is 1260. The number of carbonyl (C=O) groups is 1. The molecule has 3 aromatic heterocycles. The van der Waals surface area contributed by atoms with E-state index in [2.05, 4.69) is 58.4 Å². The lowest BCUT2D eigenvalue weighted by Gasteiger charge is -2.32. The average molecular weight is 487 g/mol. The van der Waals surface area contributed by atoms with E-state index in [0.29, 0.717) is 11.5 Å². The molecule has 4 heterocycles. The predicted octanol–water partition coefficient (Wildman–Crippen LogP) is 4.91. The summed E-state index contributed by atoms with van der Waals surface area (Å²) >= 11 is 1.63. The Morgan fingerprint density at radius 2 is 1.91 bits per heavy atom. The molecular formula is C27H30N6OS. The van der Waals surface area contributed by atoms with Crippen molar-refractivity contribution in [2.75, 3.05) is 13.1 Å². The van der Waals surface area contributed by atoms with Gasteiger partial charge in [-0.2, -0.15) is 5.10 Å². The highest BCUT2D eigenvalue weighted by Gasteiger charge is 2.26. The summed E-state index contributed by atoms with van der Waals surface area (Å²) in [5.74, 6) is 0.490. The summed E-state index contributed by atoms with van der Waals surface area (Å²) in [5.41, 5.74) is 3.60. The molecule has 1 amide bonds. The highest BCUT2D eigenvalue weighted by Crippen LogP contribution is 2.26. The molecule has 1 N–H and O–H groups in total. The second-order valence-electron chi connectivity index (χ2n) is 9.24. The Morgan fingerprint density at radius 3 is 2.63 bits per heavy atom. The lowest BCUT2D eigenvalue weighted by molar-refractivity contribution is 0.0907. The molecule has 0 aliphatic carbocycles. The van der Waals surface area contributed by atoms with Crippen molar-refractivity contribution in [3.8, 4) is 16.5 Å². The van der Waals surface area contributed by atoms with Crippen molar-refractivity contribution in [3.05, 3.63) is 83.1 Å². The molecule has 0 spiro atoms. The van der Waals surface area contributed by atoms with E-state index < -0.39 is 0 Å². The van der Waals surface area contributed by atoms with Crippen molar-refractivity contribution in [2.24, 2.45) is 0 Å². The fourth-order valence-electron chi connectivity index (χ4n) is 4.60. The number of likely N-dealkylation sites (tertiary alicyclic amines) is 1. The smallest absolute Gasteiger partial charge is 0.255 e. The lowest BCUT2D eigenvalue weighted by atomic mass is 10.0. The third-order valence-corrected chi connectivity index (χ3v) is 7.27. The number of hydrogen-bond donors (Lipinski definition) is 1. The van der Waals surface area contributed by atoms with Gasteiger partial charge in [0.2, 0.25) is 0 Å². The van der Waals surface area contributed by atoms with Crippen LogP contribution in [0, 0.1) is 0 Å². The second kappa shape index (κ2) is 10.5. The lowest BCUT2D eigenvalue weighted by Crippen LogP contribution is -2.44. The van der Waals surface area contributed by atoms with Crippen LogP contribution in [0.2, 0.25) is 0 Å². The van der Waals surface area contributed by atoms with Crippen molar-refractivity contribution in [1.82, 2.24) is 30.0 Å². The maximum absolute atomic E-state index is 13.3. The molecule has 35 heavy (non-hydrogen) atoms. The molecule has 1 aromatic carbocycles. The summed E-state index contributed by atoms with van der Waals surface area (Å²) in [6.07, 6.45) is 5.27. The first-order valence-electron chi connectivity index (χ1n) is 12.1. The van der Waals surface area contributed by atoms with E-state index in [4.69, 9.17) is 4.98 Å². The van der Waals surface area contributed by atoms with Gasteiger partial charge in [-0.1, -0.05) is 50.2 Å². The highest BCUT2D eigenvalue weighted by molar-refractivity contribution is 7.13. The maximum Gasteiger partial charge on any atom is 0.255 e. The number of benzene rings is 1. The van der Waals surface area contributed by atoms with Crippen molar-refractivity contribution in [3.63, 3.8) is 0 Å². The van der Waals surface area contributed by atoms with Crippen LogP contribution in [0.4, 0.5) is 0 Å². The van der Waals surface area contributed by atoms with Crippen molar-refractivity contribution < 1.29 is 4.79 Å². The Hall–Kier alpha value is -3.36. The number of rotatable bonds is 7. The number of piperidine rings is 1. The van der Waals surface area contributed by atoms with Crippen LogP contribution in [-0.2, 0) is 6.54 Å². The van der Waals surface area contributed by atoms with Gasteiger partial charge >= 0.3 is 0 Å². The first-order chi connectivity index (χ1) is 17.1. The third-order valence-electron chi connectivity index (χ3n) is 6.38. The van der Waals surface area contributed by atoms with E-state index >= 15 is 0 Å². The van der Waals surface area contributed by atoms with Gasteiger partial charge < -0.3 is 5.32 Å². The highest BCUT2D eigenvalue weighted by atomic mass is 32.1. The van der Waals surface area contributed by atoms with Gasteiger partial charge in [0.25, 0.3) is 11.9 Å². The summed E-state index contributed by atoms with van der Waals surface area (Å²) in [7, 11) is 0. The minimum Gasteiger partial charge on any atom is -0.349 e. The number of carbonyl (C=O) groups excluding carboxylic acids is 1. The summed E-state index contributed by atoms with van der Waals surface area (Å²) in [5, 5.41) is 9.81. The van der Waals surface area contributed by atoms with Crippen LogP contribution in [0.3, 0.4) is 0 Å². The number of nitrogens with zero attached hydrogens (tertiary/aromatic N) is 5. The van der Waals surface area contributed by atoms with Crippen LogP contribution in [0.25, 0.3) is 16.5 Å². The summed E-state index contributed by atoms with van der Waals surface area (Å²) in [6, 6.07) is 16.6. The Morgan fingerprint density at radius 1 is 1.11 bits per heavy atom. The topological polar surface area (TPSA) is 75.9 Å². The van der Waals surface area contributed by atoms with Gasteiger partial charge in [0.15, 0.2) is 0 Å². The van der Waals surface area contributed by atoms with Crippen molar-refractivity contribution >= 4 is 17.2 Å². The van der Waals surface area contributed by atoms with E-state index in [1.807, 2.05) is 29.6 Å². The van der Waals surface area contributed by atoms with Gasteiger partial charge in [0.1, 0.15) is 0 Å². The predicted molar refractivity (Wildman–Crippen MR) is 139 cm³/mol. The molecule has 1 fully saturated rings. The normalized spacial score (nSPS) is 14.9. The summed E-state index contributed by atoms with van der Waals surface area (Å²) < 4.78 is 1.71. The Kier molecular flexibility index (Phi) is 7.01. The van der Waals surface area contributed by atoms with Crippen LogP contribution in [0.1, 0.15) is 54.2 Å². The van der Waals surface area contributed by atoms with Crippen LogP contribution >= 0.6 is 11.3 Å².